The quantitative estimate of drug-likeness (QED) is 0.605. The fraction of sp³-hybridized carbons (Fsp3) is 0.143. The topological polar surface area (TPSA) is 52.6 Å². The van der Waals surface area contributed by atoms with E-state index in [0.717, 1.165) is 0 Å². The van der Waals surface area contributed by atoms with Crippen LogP contribution in [0.1, 0.15) is 34.6 Å². The molecule has 4 heteroatoms. The predicted molar refractivity (Wildman–Crippen MR) is 66.9 cm³/mol. The second-order valence-electron chi connectivity index (χ2n) is 3.76. The lowest BCUT2D eigenvalue weighted by Gasteiger charge is -2.05. The van der Waals surface area contributed by atoms with Crippen LogP contribution in [0.15, 0.2) is 48.9 Å². The van der Waals surface area contributed by atoms with Gasteiger partial charge in [-0.2, -0.15) is 0 Å². The molecule has 1 rings (SSSR count). The van der Waals surface area contributed by atoms with Crippen LogP contribution < -0.4 is 0 Å². The minimum absolute atomic E-state index is 0.311. The second kappa shape index (κ2) is 5.82. The van der Waals surface area contributed by atoms with Crippen LogP contribution in [-0.4, -0.2) is 11.9 Å². The summed E-state index contributed by atoms with van der Waals surface area (Å²) in [5.41, 5.74) is 0.676. The highest BCUT2D eigenvalue weighted by Crippen LogP contribution is 2.10. The Labute approximate surface area is 106 Å². The number of hydrogen-bond acceptors (Lipinski definition) is 4. The molecule has 0 unspecified atom stereocenters. The Bertz CT molecular complexity index is 450. The van der Waals surface area contributed by atoms with Gasteiger partial charge >= 0.3 is 11.9 Å². The van der Waals surface area contributed by atoms with Crippen molar-refractivity contribution in [2.75, 3.05) is 0 Å². The van der Waals surface area contributed by atoms with Gasteiger partial charge < -0.3 is 9.47 Å². The second-order valence-corrected chi connectivity index (χ2v) is 3.76. The van der Waals surface area contributed by atoms with E-state index in [1.165, 1.54) is 24.3 Å². The first-order chi connectivity index (χ1) is 8.40. The van der Waals surface area contributed by atoms with Gasteiger partial charge in [-0.3, -0.25) is 0 Å². The summed E-state index contributed by atoms with van der Waals surface area (Å²) >= 11 is 0. The summed E-state index contributed by atoms with van der Waals surface area (Å²) < 4.78 is 9.67. The van der Waals surface area contributed by atoms with E-state index in [0.29, 0.717) is 22.6 Å². The van der Waals surface area contributed by atoms with E-state index in [-0.39, 0.29) is 0 Å². The molecule has 0 spiro atoms. The van der Waals surface area contributed by atoms with Crippen molar-refractivity contribution in [1.29, 1.82) is 0 Å². The van der Waals surface area contributed by atoms with Crippen molar-refractivity contribution in [3.05, 3.63) is 60.1 Å². The molecule has 4 nitrogen and oxygen atoms in total. The van der Waals surface area contributed by atoms with Crippen LogP contribution in [0.4, 0.5) is 0 Å². The normalized spacial score (nSPS) is 9.44. The average molecular weight is 246 g/mol. The van der Waals surface area contributed by atoms with Crippen LogP contribution in [0.2, 0.25) is 0 Å². The molecule has 0 aliphatic carbocycles. The van der Waals surface area contributed by atoms with Crippen LogP contribution >= 0.6 is 0 Å². The SMILES string of the molecule is C=C(C)OC(=O)c1ccc(C(=O)OC(=C)C)cc1. The Morgan fingerprint density at radius 3 is 1.33 bits per heavy atom. The van der Waals surface area contributed by atoms with Gasteiger partial charge in [0.1, 0.15) is 0 Å². The van der Waals surface area contributed by atoms with Gasteiger partial charge in [0.05, 0.1) is 22.6 Å². The zero-order valence-electron chi connectivity index (χ0n) is 10.4. The van der Waals surface area contributed by atoms with Gasteiger partial charge in [-0.1, -0.05) is 13.2 Å². The highest BCUT2D eigenvalue weighted by molar-refractivity contribution is 5.93. The summed E-state index contributed by atoms with van der Waals surface area (Å²) in [4.78, 5) is 23.0. The molecule has 0 saturated carbocycles. The van der Waals surface area contributed by atoms with Gasteiger partial charge in [0.2, 0.25) is 0 Å². The predicted octanol–water partition coefficient (Wildman–Crippen LogP) is 3.07. The summed E-state index contributed by atoms with van der Waals surface area (Å²) in [7, 11) is 0. The number of carbonyl (C=O) groups is 2. The molecular formula is C14H14O4. The van der Waals surface area contributed by atoms with E-state index in [9.17, 15) is 9.59 Å². The van der Waals surface area contributed by atoms with Crippen molar-refractivity contribution in [1.82, 2.24) is 0 Å². The fourth-order valence-electron chi connectivity index (χ4n) is 1.18. The third-order valence-electron chi connectivity index (χ3n) is 1.89. The highest BCUT2D eigenvalue weighted by atomic mass is 16.5. The Morgan fingerprint density at radius 1 is 0.833 bits per heavy atom. The Morgan fingerprint density at radius 2 is 1.11 bits per heavy atom. The first-order valence-corrected chi connectivity index (χ1v) is 5.25. The maximum atomic E-state index is 11.5. The van der Waals surface area contributed by atoms with Crippen molar-refractivity contribution in [2.24, 2.45) is 0 Å². The lowest BCUT2D eigenvalue weighted by Crippen LogP contribution is -2.06. The van der Waals surface area contributed by atoms with E-state index in [1.807, 2.05) is 0 Å². The Hall–Kier alpha value is -2.36. The number of ether oxygens (including phenoxy) is 2. The van der Waals surface area contributed by atoms with Crippen molar-refractivity contribution in [3.63, 3.8) is 0 Å². The largest absolute Gasteiger partial charge is 0.428 e. The third-order valence-corrected chi connectivity index (χ3v) is 1.89. The number of carbonyl (C=O) groups excluding carboxylic acids is 2. The first kappa shape index (κ1) is 13.7. The van der Waals surface area contributed by atoms with Crippen LogP contribution in [-0.2, 0) is 9.47 Å². The fourth-order valence-corrected chi connectivity index (χ4v) is 1.18. The van der Waals surface area contributed by atoms with Crippen LogP contribution in [0.25, 0.3) is 0 Å². The molecule has 0 aliphatic rings. The smallest absolute Gasteiger partial charge is 0.343 e. The van der Waals surface area contributed by atoms with E-state index in [4.69, 9.17) is 9.47 Å². The summed E-state index contributed by atoms with van der Waals surface area (Å²) in [6.07, 6.45) is 0. The number of esters is 2. The molecule has 0 N–H and O–H groups in total. The minimum Gasteiger partial charge on any atom is -0.428 e. The van der Waals surface area contributed by atoms with Crippen LogP contribution in [0.5, 0.6) is 0 Å². The molecule has 0 aliphatic heterocycles. The molecule has 0 aromatic heterocycles. The summed E-state index contributed by atoms with van der Waals surface area (Å²) in [5.74, 6) is -0.402. The maximum absolute atomic E-state index is 11.5. The van der Waals surface area contributed by atoms with Crippen LogP contribution in [0.3, 0.4) is 0 Å². The summed E-state index contributed by atoms with van der Waals surface area (Å²) in [6, 6.07) is 5.95. The number of hydrogen-bond donors (Lipinski definition) is 0. The molecule has 0 bridgehead atoms. The average Bonchev–Trinajstić information content (AvgIpc) is 2.27. The zero-order valence-corrected chi connectivity index (χ0v) is 10.4. The number of rotatable bonds is 4. The Balaban J connectivity index is 2.79. The molecule has 1 aromatic rings. The van der Waals surface area contributed by atoms with Gasteiger partial charge in [0.15, 0.2) is 0 Å². The molecule has 18 heavy (non-hydrogen) atoms. The van der Waals surface area contributed by atoms with Crippen molar-refractivity contribution >= 4 is 11.9 Å². The molecule has 0 heterocycles. The van der Waals surface area contributed by atoms with Crippen molar-refractivity contribution in [3.8, 4) is 0 Å². The van der Waals surface area contributed by atoms with Gasteiger partial charge in [-0.05, 0) is 38.1 Å². The number of allylic oxidation sites excluding steroid dienone is 2. The van der Waals surface area contributed by atoms with Crippen LogP contribution in [0, 0.1) is 0 Å². The van der Waals surface area contributed by atoms with Gasteiger partial charge in [0, 0.05) is 0 Å². The molecule has 0 atom stereocenters. The molecule has 0 amide bonds. The lowest BCUT2D eigenvalue weighted by molar-refractivity contribution is 0.0612. The van der Waals surface area contributed by atoms with Gasteiger partial charge in [-0.25, -0.2) is 9.59 Å². The lowest BCUT2D eigenvalue weighted by atomic mass is 10.1. The molecule has 0 radical (unpaired) electrons. The molecular weight excluding hydrogens is 232 g/mol. The van der Waals surface area contributed by atoms with E-state index < -0.39 is 11.9 Å². The van der Waals surface area contributed by atoms with Gasteiger partial charge in [-0.15, -0.1) is 0 Å². The number of benzene rings is 1. The molecule has 0 saturated heterocycles. The summed E-state index contributed by atoms with van der Waals surface area (Å²) in [5, 5.41) is 0. The van der Waals surface area contributed by atoms with Crippen molar-refractivity contribution in [2.45, 2.75) is 13.8 Å². The minimum atomic E-state index is -0.512. The monoisotopic (exact) mass is 246 g/mol. The maximum Gasteiger partial charge on any atom is 0.343 e. The first-order valence-electron chi connectivity index (χ1n) is 5.25. The zero-order chi connectivity index (χ0) is 13.7. The van der Waals surface area contributed by atoms with E-state index in [2.05, 4.69) is 13.2 Å². The Kier molecular flexibility index (Phi) is 4.43. The highest BCUT2D eigenvalue weighted by Gasteiger charge is 2.11. The standard InChI is InChI=1S/C14H14O4/c1-9(2)17-13(15)11-5-7-12(8-6-11)14(16)18-10(3)4/h5-8H,1,3H2,2,4H3. The van der Waals surface area contributed by atoms with Gasteiger partial charge in [0.25, 0.3) is 0 Å². The molecule has 0 fully saturated rings. The summed E-state index contributed by atoms with van der Waals surface area (Å²) in [6.45, 7) is 10.1. The third kappa shape index (κ3) is 3.90. The van der Waals surface area contributed by atoms with E-state index >= 15 is 0 Å². The van der Waals surface area contributed by atoms with E-state index in [1.54, 1.807) is 13.8 Å². The molecule has 94 valence electrons. The van der Waals surface area contributed by atoms with Crippen molar-refractivity contribution < 1.29 is 19.1 Å². The molecule has 1 aromatic carbocycles.